The smallest absolute Gasteiger partial charge is 0.308 e. The van der Waals surface area contributed by atoms with E-state index >= 15 is 0 Å². The van der Waals surface area contributed by atoms with Crippen LogP contribution in [0.3, 0.4) is 0 Å². The molecule has 3 rings (SSSR count). The summed E-state index contributed by atoms with van der Waals surface area (Å²) in [7, 11) is 0. The summed E-state index contributed by atoms with van der Waals surface area (Å²) < 4.78 is 0. The van der Waals surface area contributed by atoms with Crippen molar-refractivity contribution in [2.75, 3.05) is 13.1 Å². The number of likely N-dealkylation sites (tertiary alicyclic amines) is 1. The average Bonchev–Trinajstić information content (AvgIpc) is 2.89. The Hall–Kier alpha value is -2.37. The molecule has 0 spiro atoms. The number of carbonyl (C=O) groups is 2. The van der Waals surface area contributed by atoms with Crippen molar-refractivity contribution in [3.8, 4) is 0 Å². The van der Waals surface area contributed by atoms with Crippen LogP contribution in [0.25, 0.3) is 10.9 Å². The van der Waals surface area contributed by atoms with E-state index in [9.17, 15) is 9.59 Å². The van der Waals surface area contributed by atoms with Gasteiger partial charge in [-0.1, -0.05) is 11.6 Å². The summed E-state index contributed by atoms with van der Waals surface area (Å²) in [5, 5.41) is 16.9. The number of aromatic nitrogens is 2. The first-order chi connectivity index (χ1) is 10.1. The zero-order chi connectivity index (χ0) is 15.0. The summed E-state index contributed by atoms with van der Waals surface area (Å²) >= 11 is 0. The van der Waals surface area contributed by atoms with E-state index in [1.54, 1.807) is 4.90 Å². The molecule has 21 heavy (non-hydrogen) atoms. The molecule has 2 aromatic rings. The van der Waals surface area contributed by atoms with E-state index in [1.807, 2.05) is 25.1 Å². The average molecular weight is 287 g/mol. The van der Waals surface area contributed by atoms with Gasteiger partial charge < -0.3 is 10.0 Å². The molecule has 1 aliphatic heterocycles. The molecular weight excluding hydrogens is 270 g/mol. The van der Waals surface area contributed by atoms with Crippen LogP contribution >= 0.6 is 0 Å². The normalized spacial score (nSPS) is 18.9. The Morgan fingerprint density at radius 3 is 3.00 bits per heavy atom. The highest BCUT2D eigenvalue weighted by molar-refractivity contribution is 6.04. The lowest BCUT2D eigenvalue weighted by Gasteiger charge is -2.30. The number of nitrogens with zero attached hydrogens (tertiary/aromatic N) is 2. The summed E-state index contributed by atoms with van der Waals surface area (Å²) in [6.45, 7) is 2.80. The molecule has 1 fully saturated rings. The number of nitrogens with one attached hydrogen (secondary N) is 1. The Morgan fingerprint density at radius 1 is 1.43 bits per heavy atom. The van der Waals surface area contributed by atoms with Gasteiger partial charge in [-0.15, -0.1) is 0 Å². The number of benzene rings is 1. The highest BCUT2D eigenvalue weighted by atomic mass is 16.4. The van der Waals surface area contributed by atoms with E-state index in [-0.39, 0.29) is 12.5 Å². The minimum atomic E-state index is -0.838. The van der Waals surface area contributed by atoms with Crippen molar-refractivity contribution in [2.24, 2.45) is 5.92 Å². The Morgan fingerprint density at radius 2 is 2.24 bits per heavy atom. The van der Waals surface area contributed by atoms with Gasteiger partial charge >= 0.3 is 5.97 Å². The fraction of sp³-hybridized carbons (Fsp3) is 0.400. The van der Waals surface area contributed by atoms with Gasteiger partial charge in [0.2, 0.25) is 0 Å². The van der Waals surface area contributed by atoms with Gasteiger partial charge in [-0.2, -0.15) is 5.10 Å². The number of fused-ring (bicyclic) bond motifs is 1. The van der Waals surface area contributed by atoms with Gasteiger partial charge in [0.15, 0.2) is 5.69 Å². The molecule has 2 heterocycles. The zero-order valence-electron chi connectivity index (χ0n) is 11.8. The number of hydrogen-bond donors (Lipinski definition) is 2. The molecule has 6 nitrogen and oxygen atoms in total. The van der Waals surface area contributed by atoms with E-state index < -0.39 is 11.9 Å². The molecule has 0 radical (unpaired) electrons. The molecule has 0 unspecified atom stereocenters. The summed E-state index contributed by atoms with van der Waals surface area (Å²) in [4.78, 5) is 25.3. The molecule has 1 aromatic carbocycles. The van der Waals surface area contributed by atoms with Crippen LogP contribution in [0.1, 0.15) is 28.9 Å². The minimum absolute atomic E-state index is 0.196. The second-order valence-electron chi connectivity index (χ2n) is 5.55. The van der Waals surface area contributed by atoms with E-state index in [0.717, 1.165) is 16.5 Å². The summed E-state index contributed by atoms with van der Waals surface area (Å²) in [5.41, 5.74) is 2.25. The quantitative estimate of drug-likeness (QED) is 0.882. The monoisotopic (exact) mass is 287 g/mol. The van der Waals surface area contributed by atoms with Crippen LogP contribution in [0, 0.1) is 12.8 Å². The Kier molecular flexibility index (Phi) is 3.37. The molecule has 110 valence electrons. The molecule has 0 aliphatic carbocycles. The molecule has 6 heteroatoms. The van der Waals surface area contributed by atoms with Crippen molar-refractivity contribution in [3.05, 3.63) is 29.5 Å². The second-order valence-corrected chi connectivity index (χ2v) is 5.55. The largest absolute Gasteiger partial charge is 0.481 e. The summed E-state index contributed by atoms with van der Waals surface area (Å²) in [6.07, 6.45) is 1.34. The van der Waals surface area contributed by atoms with Crippen molar-refractivity contribution < 1.29 is 14.7 Å². The van der Waals surface area contributed by atoms with Crippen LogP contribution in [-0.2, 0) is 4.79 Å². The number of carboxylic acids is 1. The van der Waals surface area contributed by atoms with Crippen molar-refractivity contribution in [1.82, 2.24) is 15.1 Å². The summed E-state index contributed by atoms with van der Waals surface area (Å²) in [6, 6.07) is 5.77. The van der Waals surface area contributed by atoms with Gasteiger partial charge in [0.05, 0.1) is 11.4 Å². The van der Waals surface area contributed by atoms with E-state index in [1.165, 1.54) is 0 Å². The SMILES string of the molecule is Cc1ccc2[nH]nc(C(=O)N3CCC[C@@H](C(=O)O)C3)c2c1. The van der Waals surface area contributed by atoms with Crippen molar-refractivity contribution in [3.63, 3.8) is 0 Å². The third-order valence-electron chi connectivity index (χ3n) is 3.98. The van der Waals surface area contributed by atoms with Crippen LogP contribution in [0.15, 0.2) is 18.2 Å². The minimum Gasteiger partial charge on any atom is -0.481 e. The lowest BCUT2D eigenvalue weighted by Crippen LogP contribution is -2.42. The zero-order valence-corrected chi connectivity index (χ0v) is 11.8. The van der Waals surface area contributed by atoms with Gasteiger partial charge in [-0.3, -0.25) is 14.7 Å². The first-order valence-electron chi connectivity index (χ1n) is 7.03. The fourth-order valence-corrected chi connectivity index (χ4v) is 2.80. The highest BCUT2D eigenvalue weighted by Gasteiger charge is 2.30. The first kappa shape index (κ1) is 13.6. The van der Waals surface area contributed by atoms with Crippen LogP contribution in [0.2, 0.25) is 0 Å². The Bertz CT molecular complexity index is 707. The van der Waals surface area contributed by atoms with Gasteiger partial charge in [0.1, 0.15) is 0 Å². The number of piperidine rings is 1. The number of aryl methyl sites for hydroxylation is 1. The topological polar surface area (TPSA) is 86.3 Å². The maximum Gasteiger partial charge on any atom is 0.308 e. The lowest BCUT2D eigenvalue weighted by atomic mass is 9.98. The Balaban J connectivity index is 1.90. The van der Waals surface area contributed by atoms with Crippen molar-refractivity contribution in [1.29, 1.82) is 0 Å². The van der Waals surface area contributed by atoms with Gasteiger partial charge in [0.25, 0.3) is 5.91 Å². The second kappa shape index (κ2) is 5.20. The number of amides is 1. The number of carbonyl (C=O) groups excluding carboxylic acids is 1. The van der Waals surface area contributed by atoms with Crippen LogP contribution in [0.5, 0.6) is 0 Å². The molecule has 1 amide bonds. The lowest BCUT2D eigenvalue weighted by molar-refractivity contribution is -0.143. The fourth-order valence-electron chi connectivity index (χ4n) is 2.80. The Labute approximate surface area is 121 Å². The molecular formula is C15H17N3O3. The van der Waals surface area contributed by atoms with Crippen LogP contribution in [-0.4, -0.2) is 45.2 Å². The maximum atomic E-state index is 12.6. The number of aromatic amines is 1. The number of H-pyrrole nitrogens is 1. The van der Waals surface area contributed by atoms with Crippen LogP contribution in [0.4, 0.5) is 0 Å². The molecule has 1 aromatic heterocycles. The first-order valence-corrected chi connectivity index (χ1v) is 7.03. The summed E-state index contributed by atoms with van der Waals surface area (Å²) in [5.74, 6) is -1.51. The molecule has 2 N–H and O–H groups in total. The highest BCUT2D eigenvalue weighted by Crippen LogP contribution is 2.22. The molecule has 1 atom stereocenters. The van der Waals surface area contributed by atoms with E-state index in [2.05, 4.69) is 10.2 Å². The standard InChI is InChI=1S/C15H17N3O3/c1-9-4-5-12-11(7-9)13(17-16-12)14(19)18-6-2-3-10(8-18)15(20)21/h4-5,7,10H,2-3,6,8H2,1H3,(H,16,17)(H,20,21)/t10-/m1/s1. The van der Waals surface area contributed by atoms with Crippen LogP contribution < -0.4 is 0 Å². The number of rotatable bonds is 2. The predicted molar refractivity (Wildman–Crippen MR) is 77.1 cm³/mol. The van der Waals surface area contributed by atoms with Crippen molar-refractivity contribution in [2.45, 2.75) is 19.8 Å². The van der Waals surface area contributed by atoms with Gasteiger partial charge in [0, 0.05) is 18.5 Å². The number of hydrogen-bond acceptors (Lipinski definition) is 3. The maximum absolute atomic E-state index is 12.6. The van der Waals surface area contributed by atoms with Crippen molar-refractivity contribution >= 4 is 22.8 Å². The molecule has 0 saturated carbocycles. The third-order valence-corrected chi connectivity index (χ3v) is 3.98. The van der Waals surface area contributed by atoms with Gasteiger partial charge in [-0.05, 0) is 31.9 Å². The number of aliphatic carboxylic acids is 1. The predicted octanol–water partition coefficient (Wildman–Crippen LogP) is 1.81. The number of carboxylic acid groups (broad SMARTS) is 1. The van der Waals surface area contributed by atoms with E-state index in [0.29, 0.717) is 25.1 Å². The molecule has 1 saturated heterocycles. The molecule has 1 aliphatic rings. The van der Waals surface area contributed by atoms with E-state index in [4.69, 9.17) is 5.11 Å². The van der Waals surface area contributed by atoms with Gasteiger partial charge in [-0.25, -0.2) is 0 Å². The molecule has 0 bridgehead atoms. The third kappa shape index (κ3) is 2.49.